The van der Waals surface area contributed by atoms with Crippen molar-refractivity contribution in [3.63, 3.8) is 0 Å². The quantitative estimate of drug-likeness (QED) is 0.469. The summed E-state index contributed by atoms with van der Waals surface area (Å²) >= 11 is 0. The summed E-state index contributed by atoms with van der Waals surface area (Å²) in [5, 5.41) is 4.94. The minimum Gasteiger partial charge on any atom is -0.467 e. The van der Waals surface area contributed by atoms with Crippen LogP contribution in [0.15, 0.2) is 42.5 Å². The standard InChI is InChI=1S/C23H29NO3Si/c1-23(2,3)28(5,6)15-9-12-20(22(26)27-4)24-21(25)19-14-13-17-10-7-8-11-18(17)16-19/h7-8,10-11,13-14,16,20H,12H2,1-6H3,(H,24,25)/t20-/m1/s1. The maximum absolute atomic E-state index is 12.7. The van der Waals surface area contributed by atoms with Crippen molar-refractivity contribution in [1.29, 1.82) is 0 Å². The summed E-state index contributed by atoms with van der Waals surface area (Å²) in [4.78, 5) is 24.8. The molecule has 1 amide bonds. The van der Waals surface area contributed by atoms with E-state index < -0.39 is 20.1 Å². The van der Waals surface area contributed by atoms with Gasteiger partial charge in [0.15, 0.2) is 0 Å². The van der Waals surface area contributed by atoms with Crippen LogP contribution < -0.4 is 5.32 Å². The van der Waals surface area contributed by atoms with Gasteiger partial charge in [0.05, 0.1) is 7.11 Å². The lowest BCUT2D eigenvalue weighted by atomic mass is 10.1. The van der Waals surface area contributed by atoms with Crippen molar-refractivity contribution in [3.05, 3.63) is 48.0 Å². The third-order valence-corrected chi connectivity index (χ3v) is 9.94. The molecule has 5 heteroatoms. The molecule has 0 heterocycles. The molecule has 0 aromatic heterocycles. The summed E-state index contributed by atoms with van der Waals surface area (Å²) < 4.78 is 4.86. The van der Waals surface area contributed by atoms with Gasteiger partial charge < -0.3 is 10.1 Å². The number of carbonyl (C=O) groups is 2. The number of hydrogen-bond acceptors (Lipinski definition) is 3. The zero-order valence-electron chi connectivity index (χ0n) is 17.6. The molecule has 2 aromatic carbocycles. The SMILES string of the molecule is COC(=O)[C@@H](CC#C[Si](C)(C)C(C)(C)C)NC(=O)c1ccc2ccccc2c1. The van der Waals surface area contributed by atoms with Crippen LogP contribution >= 0.6 is 0 Å². The number of nitrogens with one attached hydrogen (secondary N) is 1. The number of esters is 1. The fourth-order valence-corrected chi connectivity index (χ4v) is 3.39. The summed E-state index contributed by atoms with van der Waals surface area (Å²) in [6.07, 6.45) is 0.235. The highest BCUT2D eigenvalue weighted by Crippen LogP contribution is 2.35. The highest BCUT2D eigenvalue weighted by atomic mass is 28.3. The van der Waals surface area contributed by atoms with Gasteiger partial charge in [-0.25, -0.2) is 4.79 Å². The summed E-state index contributed by atoms with van der Waals surface area (Å²) in [6, 6.07) is 12.5. The van der Waals surface area contributed by atoms with Gasteiger partial charge in [0, 0.05) is 12.0 Å². The first kappa shape index (κ1) is 21.7. The molecule has 4 nitrogen and oxygen atoms in total. The van der Waals surface area contributed by atoms with Gasteiger partial charge in [0.2, 0.25) is 0 Å². The van der Waals surface area contributed by atoms with Crippen LogP contribution in [0, 0.1) is 11.5 Å². The molecule has 0 aliphatic rings. The van der Waals surface area contributed by atoms with Crippen molar-refractivity contribution >= 4 is 30.7 Å². The molecule has 1 atom stereocenters. The van der Waals surface area contributed by atoms with Crippen LogP contribution in [0.1, 0.15) is 37.6 Å². The molecule has 0 saturated heterocycles. The third-order valence-electron chi connectivity index (χ3n) is 5.38. The number of carbonyl (C=O) groups excluding carboxylic acids is 2. The van der Waals surface area contributed by atoms with Crippen LogP contribution in [0.2, 0.25) is 18.1 Å². The average Bonchev–Trinajstić information content (AvgIpc) is 2.65. The minimum atomic E-state index is -1.78. The Morgan fingerprint density at radius 2 is 1.75 bits per heavy atom. The van der Waals surface area contributed by atoms with E-state index in [1.165, 1.54) is 7.11 Å². The second-order valence-corrected chi connectivity index (χ2v) is 13.5. The highest BCUT2D eigenvalue weighted by molar-refractivity contribution is 6.87. The van der Waals surface area contributed by atoms with Gasteiger partial charge in [-0.2, -0.15) is 0 Å². The van der Waals surface area contributed by atoms with Gasteiger partial charge in [0.25, 0.3) is 5.91 Å². The first-order chi connectivity index (χ1) is 13.0. The van der Waals surface area contributed by atoms with E-state index in [9.17, 15) is 9.59 Å². The van der Waals surface area contributed by atoms with E-state index >= 15 is 0 Å². The first-order valence-corrected chi connectivity index (χ1v) is 12.4. The van der Waals surface area contributed by atoms with Crippen molar-refractivity contribution in [2.24, 2.45) is 0 Å². The third kappa shape index (κ3) is 5.23. The monoisotopic (exact) mass is 395 g/mol. The van der Waals surface area contributed by atoms with Gasteiger partial charge in [-0.3, -0.25) is 4.79 Å². The molecule has 0 unspecified atom stereocenters. The van der Waals surface area contributed by atoms with E-state index in [1.54, 1.807) is 6.07 Å². The molecule has 0 spiro atoms. The smallest absolute Gasteiger partial charge is 0.329 e. The summed E-state index contributed by atoms with van der Waals surface area (Å²) in [7, 11) is -0.459. The Morgan fingerprint density at radius 3 is 2.36 bits per heavy atom. The van der Waals surface area contributed by atoms with E-state index in [0.29, 0.717) is 5.56 Å². The maximum Gasteiger partial charge on any atom is 0.329 e. The molecule has 0 bridgehead atoms. The number of amides is 1. The molecular formula is C23H29NO3Si. The number of benzene rings is 2. The zero-order chi connectivity index (χ0) is 20.9. The van der Waals surface area contributed by atoms with E-state index in [4.69, 9.17) is 4.74 Å². The second-order valence-electron chi connectivity index (χ2n) is 8.49. The van der Waals surface area contributed by atoms with Gasteiger partial charge in [-0.15, -0.1) is 11.5 Å². The van der Waals surface area contributed by atoms with Crippen LogP contribution in [0.25, 0.3) is 10.8 Å². The Balaban J connectivity index is 2.17. The molecule has 28 heavy (non-hydrogen) atoms. The molecule has 2 rings (SSSR count). The molecule has 0 saturated carbocycles. The van der Waals surface area contributed by atoms with Gasteiger partial charge in [-0.05, 0) is 27.9 Å². The van der Waals surface area contributed by atoms with Crippen molar-refractivity contribution in [3.8, 4) is 11.5 Å². The fourth-order valence-electron chi connectivity index (χ4n) is 2.47. The second kappa shape index (κ2) is 8.62. The largest absolute Gasteiger partial charge is 0.467 e. The predicted molar refractivity (Wildman–Crippen MR) is 117 cm³/mol. The summed E-state index contributed by atoms with van der Waals surface area (Å²) in [5.41, 5.74) is 3.88. The van der Waals surface area contributed by atoms with E-state index in [-0.39, 0.29) is 17.4 Å². The topological polar surface area (TPSA) is 55.4 Å². The number of rotatable bonds is 4. The van der Waals surface area contributed by atoms with Gasteiger partial charge in [-0.1, -0.05) is 64.2 Å². The van der Waals surface area contributed by atoms with Gasteiger partial charge >= 0.3 is 5.97 Å². The normalized spacial score (nSPS) is 12.6. The molecule has 0 aliphatic heterocycles. The Kier molecular flexibility index (Phi) is 6.68. The average molecular weight is 396 g/mol. The Hall–Kier alpha value is -2.58. The molecule has 1 N–H and O–H groups in total. The van der Waals surface area contributed by atoms with Crippen LogP contribution in [0.4, 0.5) is 0 Å². The van der Waals surface area contributed by atoms with Crippen molar-refractivity contribution in [2.45, 2.75) is 51.4 Å². The molecule has 0 aliphatic carbocycles. The lowest BCUT2D eigenvalue weighted by Gasteiger charge is -2.31. The summed E-state index contributed by atoms with van der Waals surface area (Å²) in [6.45, 7) is 11.0. The fraction of sp³-hybridized carbons (Fsp3) is 0.391. The Bertz CT molecular complexity index is 932. The molecule has 2 aromatic rings. The number of ether oxygens (including phenoxy) is 1. The van der Waals surface area contributed by atoms with Crippen LogP contribution in [0.5, 0.6) is 0 Å². The lowest BCUT2D eigenvalue weighted by Crippen LogP contribution is -2.41. The molecule has 0 radical (unpaired) electrons. The van der Waals surface area contributed by atoms with E-state index in [0.717, 1.165) is 10.8 Å². The maximum atomic E-state index is 12.7. The highest BCUT2D eigenvalue weighted by Gasteiger charge is 2.33. The predicted octanol–water partition coefficient (Wildman–Crippen LogP) is 4.55. The Morgan fingerprint density at radius 1 is 1.11 bits per heavy atom. The number of methoxy groups -OCH3 is 1. The Labute approximate surface area is 168 Å². The molecular weight excluding hydrogens is 366 g/mol. The molecule has 0 fully saturated rings. The van der Waals surface area contributed by atoms with Crippen molar-refractivity contribution in [1.82, 2.24) is 5.32 Å². The van der Waals surface area contributed by atoms with E-state index in [1.807, 2.05) is 36.4 Å². The first-order valence-electron chi connectivity index (χ1n) is 9.43. The minimum absolute atomic E-state index is 0.134. The van der Waals surface area contributed by atoms with Crippen LogP contribution in [-0.2, 0) is 9.53 Å². The zero-order valence-corrected chi connectivity index (χ0v) is 18.6. The molecule has 148 valence electrons. The van der Waals surface area contributed by atoms with Gasteiger partial charge in [0.1, 0.15) is 14.1 Å². The summed E-state index contributed by atoms with van der Waals surface area (Å²) in [5.74, 6) is 2.33. The number of fused-ring (bicyclic) bond motifs is 1. The van der Waals surface area contributed by atoms with Crippen molar-refractivity contribution < 1.29 is 14.3 Å². The van der Waals surface area contributed by atoms with E-state index in [2.05, 4.69) is 50.6 Å². The number of hydrogen-bond donors (Lipinski definition) is 1. The van der Waals surface area contributed by atoms with Crippen molar-refractivity contribution in [2.75, 3.05) is 7.11 Å². The lowest BCUT2D eigenvalue weighted by molar-refractivity contribution is -0.142. The van der Waals surface area contributed by atoms with Crippen LogP contribution in [0.3, 0.4) is 0 Å². The van der Waals surface area contributed by atoms with Crippen LogP contribution in [-0.4, -0.2) is 33.1 Å².